The van der Waals surface area contributed by atoms with Gasteiger partial charge in [-0.3, -0.25) is 9.59 Å². The second kappa shape index (κ2) is 10.4. The molecule has 9 heteroatoms. The normalized spacial score (nSPS) is 20.7. The van der Waals surface area contributed by atoms with Gasteiger partial charge in [0.25, 0.3) is 5.91 Å². The van der Waals surface area contributed by atoms with Crippen LogP contribution in [0.25, 0.3) is 10.9 Å². The molecule has 3 heterocycles. The summed E-state index contributed by atoms with van der Waals surface area (Å²) in [5.74, 6) is -0.356. The van der Waals surface area contributed by atoms with Crippen LogP contribution in [0.15, 0.2) is 34.0 Å². The predicted octanol–water partition coefficient (Wildman–Crippen LogP) is 2.70. The Morgan fingerprint density at radius 1 is 1.09 bits per heavy atom. The van der Waals surface area contributed by atoms with Gasteiger partial charge in [-0.2, -0.15) is 4.31 Å². The molecule has 4 rings (SSSR count). The highest BCUT2D eigenvalue weighted by atomic mass is 32.2. The van der Waals surface area contributed by atoms with E-state index in [1.165, 1.54) is 37.5 Å². The number of likely N-dealkylation sites (tertiary alicyclic amines) is 1. The highest BCUT2D eigenvalue weighted by Gasteiger charge is 2.31. The Labute approximate surface area is 195 Å². The molecule has 1 amide bonds. The van der Waals surface area contributed by atoms with Gasteiger partial charge in [-0.15, -0.1) is 0 Å². The largest absolute Gasteiger partial charge is 0.352 e. The molecule has 0 aliphatic carbocycles. The van der Waals surface area contributed by atoms with Gasteiger partial charge < -0.3 is 15.2 Å². The number of carbonyl (C=O) groups is 1. The molecule has 1 unspecified atom stereocenters. The van der Waals surface area contributed by atoms with Crippen LogP contribution in [0.1, 0.15) is 62.2 Å². The van der Waals surface area contributed by atoms with Crippen molar-refractivity contribution in [1.82, 2.24) is 19.5 Å². The molecule has 2 aliphatic rings. The minimum atomic E-state index is -3.68. The van der Waals surface area contributed by atoms with Gasteiger partial charge in [-0.05, 0) is 76.9 Å². The summed E-state index contributed by atoms with van der Waals surface area (Å²) in [4.78, 5) is 30.4. The van der Waals surface area contributed by atoms with Crippen molar-refractivity contribution in [3.63, 3.8) is 0 Å². The lowest BCUT2D eigenvalue weighted by molar-refractivity contribution is 0.0952. The number of piperidine rings is 2. The number of H-pyrrole nitrogens is 1. The SMILES string of the molecule is CC1CCCCN1S(=O)(=O)c1ccc2[nH]c(=O)cc(C(=O)NCCCN3CCCCC3)c2c1. The zero-order valence-electron chi connectivity index (χ0n) is 19.3. The van der Waals surface area contributed by atoms with Crippen molar-refractivity contribution in [2.24, 2.45) is 0 Å². The number of fused-ring (bicyclic) bond motifs is 1. The lowest BCUT2D eigenvalue weighted by Gasteiger charge is -2.32. The highest BCUT2D eigenvalue weighted by Crippen LogP contribution is 2.27. The first-order chi connectivity index (χ1) is 15.9. The predicted molar refractivity (Wildman–Crippen MR) is 129 cm³/mol. The van der Waals surface area contributed by atoms with E-state index in [9.17, 15) is 18.0 Å². The number of nitrogens with zero attached hydrogens (tertiary/aromatic N) is 2. The van der Waals surface area contributed by atoms with E-state index in [-0.39, 0.29) is 28.0 Å². The number of hydrogen-bond acceptors (Lipinski definition) is 5. The number of rotatable bonds is 7. The van der Waals surface area contributed by atoms with Crippen LogP contribution in [0.4, 0.5) is 0 Å². The van der Waals surface area contributed by atoms with E-state index >= 15 is 0 Å². The first kappa shape index (κ1) is 23.9. The van der Waals surface area contributed by atoms with Gasteiger partial charge in [-0.1, -0.05) is 12.8 Å². The molecular formula is C24H34N4O4S. The zero-order valence-corrected chi connectivity index (χ0v) is 20.1. The zero-order chi connectivity index (χ0) is 23.4. The number of nitrogens with one attached hydrogen (secondary N) is 2. The lowest BCUT2D eigenvalue weighted by Crippen LogP contribution is -2.41. The maximum absolute atomic E-state index is 13.3. The Kier molecular flexibility index (Phi) is 7.51. The van der Waals surface area contributed by atoms with E-state index in [0.29, 0.717) is 24.0 Å². The standard InChI is InChI=1S/C24H34N4O4S/c1-18-8-3-6-15-28(18)33(31,32)19-9-10-22-20(16-19)21(17-23(29)26-22)24(30)25-11-7-14-27-12-4-2-5-13-27/h9-10,16-18H,2-8,11-15H2,1H3,(H,25,30)(H,26,29). The van der Waals surface area contributed by atoms with Crippen molar-refractivity contribution in [2.75, 3.05) is 32.7 Å². The number of aromatic amines is 1. The topological polar surface area (TPSA) is 103 Å². The molecule has 2 fully saturated rings. The third-order valence-corrected chi connectivity index (χ3v) is 8.80. The van der Waals surface area contributed by atoms with Gasteiger partial charge in [0.2, 0.25) is 15.6 Å². The summed E-state index contributed by atoms with van der Waals surface area (Å²) in [6.45, 7) is 6.09. The van der Waals surface area contributed by atoms with Crippen molar-refractivity contribution < 1.29 is 13.2 Å². The van der Waals surface area contributed by atoms with Crippen molar-refractivity contribution in [3.05, 3.63) is 40.2 Å². The van der Waals surface area contributed by atoms with Crippen molar-refractivity contribution in [1.29, 1.82) is 0 Å². The van der Waals surface area contributed by atoms with Crippen LogP contribution in [-0.4, -0.2) is 67.3 Å². The van der Waals surface area contributed by atoms with Gasteiger partial charge in [0.1, 0.15) is 0 Å². The molecule has 2 aromatic rings. The van der Waals surface area contributed by atoms with Crippen LogP contribution < -0.4 is 10.9 Å². The number of benzene rings is 1. The Bertz CT molecular complexity index is 1150. The minimum Gasteiger partial charge on any atom is -0.352 e. The fourth-order valence-electron chi connectivity index (χ4n) is 4.93. The van der Waals surface area contributed by atoms with Gasteiger partial charge in [0.15, 0.2) is 0 Å². The number of aromatic nitrogens is 1. The molecule has 33 heavy (non-hydrogen) atoms. The smallest absolute Gasteiger partial charge is 0.252 e. The summed E-state index contributed by atoms with van der Waals surface area (Å²) in [5, 5.41) is 3.35. The Balaban J connectivity index is 1.53. The average Bonchev–Trinajstić information content (AvgIpc) is 2.81. The van der Waals surface area contributed by atoms with Crippen LogP contribution in [0, 0.1) is 0 Å². The van der Waals surface area contributed by atoms with Crippen LogP contribution >= 0.6 is 0 Å². The lowest BCUT2D eigenvalue weighted by atomic mass is 10.1. The molecule has 8 nitrogen and oxygen atoms in total. The number of carbonyl (C=O) groups excluding carboxylic acids is 1. The van der Waals surface area contributed by atoms with Crippen LogP contribution in [0.2, 0.25) is 0 Å². The van der Waals surface area contributed by atoms with E-state index < -0.39 is 10.0 Å². The molecule has 0 bridgehead atoms. The third kappa shape index (κ3) is 5.47. The Morgan fingerprint density at radius 2 is 1.85 bits per heavy atom. The highest BCUT2D eigenvalue weighted by molar-refractivity contribution is 7.89. The van der Waals surface area contributed by atoms with Gasteiger partial charge >= 0.3 is 0 Å². The number of pyridine rings is 1. The molecule has 180 valence electrons. The maximum atomic E-state index is 13.3. The fourth-order valence-corrected chi connectivity index (χ4v) is 6.65. The number of hydrogen-bond donors (Lipinski definition) is 2. The van der Waals surface area contributed by atoms with E-state index in [1.807, 2.05) is 6.92 Å². The third-order valence-electron chi connectivity index (χ3n) is 6.79. The quantitative estimate of drug-likeness (QED) is 0.601. The molecule has 2 saturated heterocycles. The summed E-state index contributed by atoms with van der Waals surface area (Å²) < 4.78 is 28.1. The first-order valence-electron chi connectivity index (χ1n) is 12.1. The second-order valence-electron chi connectivity index (χ2n) is 9.23. The minimum absolute atomic E-state index is 0.0577. The van der Waals surface area contributed by atoms with Crippen LogP contribution in [0.3, 0.4) is 0 Å². The molecule has 2 aliphatic heterocycles. The van der Waals surface area contributed by atoms with Crippen molar-refractivity contribution >= 4 is 26.8 Å². The number of amides is 1. The fraction of sp³-hybridized carbons (Fsp3) is 0.583. The van der Waals surface area contributed by atoms with Gasteiger partial charge in [0.05, 0.1) is 10.5 Å². The second-order valence-corrected chi connectivity index (χ2v) is 11.1. The molecule has 0 spiro atoms. The Morgan fingerprint density at radius 3 is 2.61 bits per heavy atom. The van der Waals surface area contributed by atoms with Crippen molar-refractivity contribution in [3.8, 4) is 0 Å². The van der Waals surface area contributed by atoms with E-state index in [0.717, 1.165) is 45.3 Å². The molecule has 1 atom stereocenters. The summed E-state index contributed by atoms with van der Waals surface area (Å²) in [5.41, 5.74) is 0.267. The molecule has 1 aromatic carbocycles. The first-order valence-corrected chi connectivity index (χ1v) is 13.5. The van der Waals surface area contributed by atoms with Crippen molar-refractivity contribution in [2.45, 2.75) is 62.8 Å². The van der Waals surface area contributed by atoms with Crippen LogP contribution in [-0.2, 0) is 10.0 Å². The summed E-state index contributed by atoms with van der Waals surface area (Å²) in [6, 6.07) is 5.80. The monoisotopic (exact) mass is 474 g/mol. The Hall–Kier alpha value is -2.23. The molecule has 1 aromatic heterocycles. The van der Waals surface area contributed by atoms with Gasteiger partial charge in [0, 0.05) is 36.1 Å². The number of sulfonamides is 1. The molecular weight excluding hydrogens is 440 g/mol. The summed E-state index contributed by atoms with van der Waals surface area (Å²) >= 11 is 0. The van der Waals surface area contributed by atoms with Crippen LogP contribution in [0.5, 0.6) is 0 Å². The summed E-state index contributed by atoms with van der Waals surface area (Å²) in [7, 11) is -3.68. The van der Waals surface area contributed by atoms with E-state index in [1.54, 1.807) is 10.4 Å². The maximum Gasteiger partial charge on any atom is 0.252 e. The van der Waals surface area contributed by atoms with E-state index in [2.05, 4.69) is 15.2 Å². The average molecular weight is 475 g/mol. The van der Waals surface area contributed by atoms with Gasteiger partial charge in [-0.25, -0.2) is 8.42 Å². The van der Waals surface area contributed by atoms with E-state index in [4.69, 9.17) is 0 Å². The summed E-state index contributed by atoms with van der Waals surface area (Å²) in [6.07, 6.45) is 7.28. The molecule has 2 N–H and O–H groups in total. The molecule has 0 saturated carbocycles. The molecule has 0 radical (unpaired) electrons.